The van der Waals surface area contributed by atoms with Crippen LogP contribution in [-0.4, -0.2) is 59.2 Å². The molecule has 1 aromatic carbocycles. The zero-order valence-corrected chi connectivity index (χ0v) is 19.5. The molecular weight excluding hydrogens is 428 g/mol. The molecule has 9 heteroatoms. The molecule has 1 amide bonds. The van der Waals surface area contributed by atoms with Crippen molar-refractivity contribution in [2.24, 2.45) is 5.92 Å². The van der Waals surface area contributed by atoms with Crippen molar-refractivity contribution in [2.45, 2.75) is 33.1 Å². The molecule has 1 aliphatic heterocycles. The van der Waals surface area contributed by atoms with Gasteiger partial charge in [-0.2, -0.15) is 10.2 Å². The number of nitrogens with zero attached hydrogens (tertiary/aromatic N) is 5. The summed E-state index contributed by atoms with van der Waals surface area (Å²) in [7, 11) is 1.67. The number of fused-ring (bicyclic) bond motifs is 1. The molecule has 32 heavy (non-hydrogen) atoms. The molecule has 1 atom stereocenters. The van der Waals surface area contributed by atoms with Gasteiger partial charge in [-0.25, -0.2) is 4.68 Å². The third-order valence-electron chi connectivity index (χ3n) is 5.97. The summed E-state index contributed by atoms with van der Waals surface area (Å²) < 4.78 is 6.96. The molecule has 8 nitrogen and oxygen atoms in total. The van der Waals surface area contributed by atoms with Crippen molar-refractivity contribution < 1.29 is 9.53 Å². The number of hydrogen-bond donors (Lipinski definition) is 1. The summed E-state index contributed by atoms with van der Waals surface area (Å²) in [5, 5.41) is 18.5. The lowest BCUT2D eigenvalue weighted by Crippen LogP contribution is -2.43. The minimum atomic E-state index is -0.0797. The quantitative estimate of drug-likeness (QED) is 0.548. The molecule has 170 valence electrons. The van der Waals surface area contributed by atoms with E-state index in [4.69, 9.17) is 21.4 Å². The summed E-state index contributed by atoms with van der Waals surface area (Å²) in [6.45, 7) is 6.69. The van der Waals surface area contributed by atoms with Gasteiger partial charge in [-0.3, -0.25) is 4.79 Å². The molecule has 1 N–H and O–H groups in total. The van der Waals surface area contributed by atoms with E-state index in [1.54, 1.807) is 7.11 Å². The number of methoxy groups -OCH3 is 1. The van der Waals surface area contributed by atoms with Crippen LogP contribution in [0.15, 0.2) is 24.3 Å². The molecule has 1 aliphatic rings. The van der Waals surface area contributed by atoms with Crippen LogP contribution < -0.4 is 10.2 Å². The van der Waals surface area contributed by atoms with Crippen LogP contribution in [0.4, 0.5) is 5.82 Å². The minimum Gasteiger partial charge on any atom is -0.385 e. The third kappa shape index (κ3) is 4.56. The van der Waals surface area contributed by atoms with E-state index in [2.05, 4.69) is 20.4 Å². The number of hydrogen-bond acceptors (Lipinski definition) is 6. The first-order valence-corrected chi connectivity index (χ1v) is 11.4. The minimum absolute atomic E-state index is 0.0797. The van der Waals surface area contributed by atoms with Gasteiger partial charge in [-0.05, 0) is 57.4 Å². The van der Waals surface area contributed by atoms with Gasteiger partial charge in [0.25, 0.3) is 0 Å². The first kappa shape index (κ1) is 22.5. The lowest BCUT2D eigenvalue weighted by molar-refractivity contribution is -0.125. The monoisotopic (exact) mass is 456 g/mol. The predicted molar refractivity (Wildman–Crippen MR) is 126 cm³/mol. The van der Waals surface area contributed by atoms with Gasteiger partial charge in [0.05, 0.1) is 28.4 Å². The molecule has 0 aliphatic carbocycles. The first-order chi connectivity index (χ1) is 15.5. The van der Waals surface area contributed by atoms with E-state index in [0.29, 0.717) is 24.7 Å². The van der Waals surface area contributed by atoms with Gasteiger partial charge in [0.15, 0.2) is 5.82 Å². The number of anilines is 1. The Hall–Kier alpha value is -2.71. The zero-order valence-electron chi connectivity index (χ0n) is 18.8. The number of ether oxygens (including phenoxy) is 1. The number of amides is 1. The van der Waals surface area contributed by atoms with Crippen LogP contribution in [0.1, 0.15) is 30.7 Å². The van der Waals surface area contributed by atoms with Gasteiger partial charge in [0.2, 0.25) is 5.91 Å². The normalized spacial score (nSPS) is 16.5. The summed E-state index contributed by atoms with van der Waals surface area (Å²) in [5.41, 5.74) is 3.58. The lowest BCUT2D eigenvalue weighted by Gasteiger charge is -2.32. The zero-order chi connectivity index (χ0) is 22.7. The fourth-order valence-corrected chi connectivity index (χ4v) is 4.44. The van der Waals surface area contributed by atoms with E-state index in [-0.39, 0.29) is 11.8 Å². The number of carbonyl (C=O) groups excluding carboxylic acids is 1. The molecule has 0 saturated carbocycles. The summed E-state index contributed by atoms with van der Waals surface area (Å²) in [6, 6.07) is 7.60. The molecular formula is C23H29ClN6O2. The Balaban J connectivity index is 1.61. The predicted octanol–water partition coefficient (Wildman–Crippen LogP) is 3.45. The van der Waals surface area contributed by atoms with Crippen molar-refractivity contribution in [2.75, 3.05) is 38.3 Å². The Morgan fingerprint density at radius 2 is 2.03 bits per heavy atom. The Bertz CT molecular complexity index is 1100. The number of benzene rings is 1. The molecule has 0 spiro atoms. The molecule has 3 aromatic rings. The highest BCUT2D eigenvalue weighted by Gasteiger charge is 2.29. The topological polar surface area (TPSA) is 85.2 Å². The summed E-state index contributed by atoms with van der Waals surface area (Å²) in [4.78, 5) is 14.8. The molecule has 0 radical (unpaired) electrons. The van der Waals surface area contributed by atoms with E-state index < -0.39 is 0 Å². The van der Waals surface area contributed by atoms with Crippen LogP contribution in [-0.2, 0) is 9.53 Å². The number of rotatable bonds is 7. The van der Waals surface area contributed by atoms with Crippen LogP contribution in [0.5, 0.6) is 0 Å². The Kier molecular flexibility index (Phi) is 6.91. The Morgan fingerprint density at radius 1 is 1.25 bits per heavy atom. The fraction of sp³-hybridized carbons (Fsp3) is 0.478. The van der Waals surface area contributed by atoms with E-state index in [9.17, 15) is 4.79 Å². The van der Waals surface area contributed by atoms with E-state index in [0.717, 1.165) is 59.6 Å². The fourth-order valence-electron chi connectivity index (χ4n) is 4.31. The van der Waals surface area contributed by atoms with Crippen LogP contribution in [0.25, 0.3) is 16.6 Å². The second-order valence-corrected chi connectivity index (χ2v) is 8.67. The average molecular weight is 457 g/mol. The number of aromatic nitrogens is 4. The average Bonchev–Trinajstić information content (AvgIpc) is 3.15. The van der Waals surface area contributed by atoms with Gasteiger partial charge in [0, 0.05) is 38.4 Å². The number of nitrogens with one attached hydrogen (secondary N) is 1. The van der Waals surface area contributed by atoms with Crippen molar-refractivity contribution in [3.8, 4) is 5.69 Å². The highest BCUT2D eigenvalue weighted by molar-refractivity contribution is 6.30. The Morgan fingerprint density at radius 3 is 2.78 bits per heavy atom. The molecule has 1 fully saturated rings. The molecule has 1 unspecified atom stereocenters. The van der Waals surface area contributed by atoms with Gasteiger partial charge in [-0.15, -0.1) is 5.10 Å². The van der Waals surface area contributed by atoms with Crippen molar-refractivity contribution >= 4 is 34.2 Å². The summed E-state index contributed by atoms with van der Waals surface area (Å²) in [6.07, 6.45) is 2.60. The van der Waals surface area contributed by atoms with Crippen LogP contribution in [0.2, 0.25) is 5.02 Å². The van der Waals surface area contributed by atoms with Crippen molar-refractivity contribution in [3.63, 3.8) is 0 Å². The summed E-state index contributed by atoms with van der Waals surface area (Å²) >= 11 is 6.06. The van der Waals surface area contributed by atoms with Gasteiger partial charge in [0.1, 0.15) is 5.52 Å². The SMILES string of the molecule is COCCCNC(=O)C1CCCN(c2nnc(C)c3c(C)n(-c4ccc(Cl)cc4)nc23)C1. The maximum absolute atomic E-state index is 12.7. The van der Waals surface area contributed by atoms with E-state index in [1.165, 1.54) is 0 Å². The summed E-state index contributed by atoms with van der Waals surface area (Å²) in [5.74, 6) is 0.743. The Labute approximate surface area is 192 Å². The van der Waals surface area contributed by atoms with Crippen LogP contribution in [0.3, 0.4) is 0 Å². The van der Waals surface area contributed by atoms with Crippen molar-refractivity contribution in [3.05, 3.63) is 40.7 Å². The van der Waals surface area contributed by atoms with E-state index >= 15 is 0 Å². The third-order valence-corrected chi connectivity index (χ3v) is 6.22. The van der Waals surface area contributed by atoms with E-state index in [1.807, 2.05) is 42.8 Å². The number of carbonyl (C=O) groups is 1. The number of halogens is 1. The highest BCUT2D eigenvalue weighted by Crippen LogP contribution is 2.31. The molecule has 4 rings (SSSR count). The highest BCUT2D eigenvalue weighted by atomic mass is 35.5. The van der Waals surface area contributed by atoms with Crippen molar-refractivity contribution in [1.82, 2.24) is 25.3 Å². The second-order valence-electron chi connectivity index (χ2n) is 8.23. The van der Waals surface area contributed by atoms with Gasteiger partial charge < -0.3 is 15.0 Å². The lowest BCUT2D eigenvalue weighted by atomic mass is 9.97. The maximum atomic E-state index is 12.7. The first-order valence-electron chi connectivity index (χ1n) is 11.0. The molecule has 3 heterocycles. The molecule has 0 bridgehead atoms. The number of aryl methyl sites for hydroxylation is 2. The van der Waals surface area contributed by atoms with Gasteiger partial charge >= 0.3 is 0 Å². The smallest absolute Gasteiger partial charge is 0.224 e. The maximum Gasteiger partial charge on any atom is 0.224 e. The largest absolute Gasteiger partial charge is 0.385 e. The van der Waals surface area contributed by atoms with Crippen LogP contribution >= 0.6 is 11.6 Å². The van der Waals surface area contributed by atoms with Crippen molar-refractivity contribution in [1.29, 1.82) is 0 Å². The molecule has 1 saturated heterocycles. The standard InChI is InChI=1S/C23H29ClN6O2/c1-15-20-16(2)30(19-9-7-18(24)8-10-19)28-21(20)22(27-26-15)29-12-4-6-17(14-29)23(31)25-11-5-13-32-3/h7-10,17H,4-6,11-14H2,1-3H3,(H,25,31). The second kappa shape index (κ2) is 9.83. The number of piperidine rings is 1. The van der Waals surface area contributed by atoms with Crippen LogP contribution in [0, 0.1) is 19.8 Å². The van der Waals surface area contributed by atoms with Gasteiger partial charge in [-0.1, -0.05) is 11.6 Å². The molecule has 2 aromatic heterocycles.